The highest BCUT2D eigenvalue weighted by Gasteiger charge is 2.19. The first-order valence-electron chi connectivity index (χ1n) is 20.7. The molecule has 0 aromatic rings. The lowest BCUT2D eigenvalue weighted by atomic mass is 10.0. The van der Waals surface area contributed by atoms with Crippen molar-refractivity contribution in [3.63, 3.8) is 0 Å². The number of unbranched alkanes of at least 4 members (excludes halogenated alkanes) is 24. The molecule has 0 fully saturated rings. The Morgan fingerprint density at radius 1 is 0.396 bits per heavy atom. The Labute approximate surface area is 297 Å². The van der Waals surface area contributed by atoms with E-state index in [0.717, 1.165) is 64.2 Å². The second-order valence-electron chi connectivity index (χ2n) is 13.9. The Balaban J connectivity index is 4.28. The van der Waals surface area contributed by atoms with E-state index in [9.17, 15) is 14.4 Å². The van der Waals surface area contributed by atoms with Gasteiger partial charge in [-0.05, 0) is 38.5 Å². The SMILES string of the molecule is CCCC/C=C\CCCCCCCC(=O)OC(COC(=O)CCCCCCCC)COC(=O)CCCCCCCCCCCCCCC. The quantitative estimate of drug-likeness (QED) is 0.0282. The Morgan fingerprint density at radius 2 is 0.708 bits per heavy atom. The van der Waals surface area contributed by atoms with Crippen molar-refractivity contribution in [1.29, 1.82) is 0 Å². The summed E-state index contributed by atoms with van der Waals surface area (Å²) >= 11 is 0. The second kappa shape index (κ2) is 38.0. The van der Waals surface area contributed by atoms with Gasteiger partial charge in [-0.3, -0.25) is 14.4 Å². The van der Waals surface area contributed by atoms with Crippen LogP contribution >= 0.6 is 0 Å². The number of hydrogen-bond acceptors (Lipinski definition) is 6. The lowest BCUT2D eigenvalue weighted by Gasteiger charge is -2.18. The molecule has 0 saturated heterocycles. The van der Waals surface area contributed by atoms with Crippen LogP contribution in [0, 0.1) is 0 Å². The summed E-state index contributed by atoms with van der Waals surface area (Å²) in [5.41, 5.74) is 0. The maximum Gasteiger partial charge on any atom is 0.306 e. The van der Waals surface area contributed by atoms with E-state index in [-0.39, 0.29) is 31.1 Å². The maximum atomic E-state index is 12.6. The van der Waals surface area contributed by atoms with Crippen LogP contribution in [-0.2, 0) is 28.6 Å². The number of allylic oxidation sites excluding steroid dienone is 2. The van der Waals surface area contributed by atoms with Gasteiger partial charge in [0.05, 0.1) is 0 Å². The van der Waals surface area contributed by atoms with Gasteiger partial charge in [0.25, 0.3) is 0 Å². The topological polar surface area (TPSA) is 78.9 Å². The smallest absolute Gasteiger partial charge is 0.306 e. The minimum Gasteiger partial charge on any atom is -0.462 e. The van der Waals surface area contributed by atoms with Gasteiger partial charge in [-0.1, -0.05) is 174 Å². The van der Waals surface area contributed by atoms with E-state index in [4.69, 9.17) is 14.2 Å². The van der Waals surface area contributed by atoms with E-state index in [1.165, 1.54) is 116 Å². The lowest BCUT2D eigenvalue weighted by molar-refractivity contribution is -0.167. The van der Waals surface area contributed by atoms with E-state index in [0.29, 0.717) is 19.3 Å². The van der Waals surface area contributed by atoms with Crippen molar-refractivity contribution in [3.05, 3.63) is 12.2 Å². The fourth-order valence-electron chi connectivity index (χ4n) is 5.83. The van der Waals surface area contributed by atoms with Crippen LogP contribution in [0.3, 0.4) is 0 Å². The highest BCUT2D eigenvalue weighted by Crippen LogP contribution is 2.14. The first-order valence-corrected chi connectivity index (χ1v) is 20.7. The second-order valence-corrected chi connectivity index (χ2v) is 13.9. The first-order chi connectivity index (χ1) is 23.5. The summed E-state index contributed by atoms with van der Waals surface area (Å²) < 4.78 is 16.6. The Bertz CT molecular complexity index is 748. The van der Waals surface area contributed by atoms with Crippen LogP contribution in [0.25, 0.3) is 0 Å². The monoisotopic (exact) mass is 679 g/mol. The van der Waals surface area contributed by atoms with Gasteiger partial charge < -0.3 is 14.2 Å². The molecule has 0 bridgehead atoms. The van der Waals surface area contributed by atoms with E-state index < -0.39 is 6.10 Å². The highest BCUT2D eigenvalue weighted by molar-refractivity contribution is 5.71. The molecule has 0 aromatic carbocycles. The summed E-state index contributed by atoms with van der Waals surface area (Å²) in [4.78, 5) is 37.3. The van der Waals surface area contributed by atoms with Crippen LogP contribution in [0.4, 0.5) is 0 Å². The van der Waals surface area contributed by atoms with E-state index in [2.05, 4.69) is 32.9 Å². The zero-order valence-electron chi connectivity index (χ0n) is 32.0. The van der Waals surface area contributed by atoms with Crippen LogP contribution < -0.4 is 0 Å². The minimum atomic E-state index is -0.763. The Kier molecular flexibility index (Phi) is 36.5. The molecule has 1 atom stereocenters. The first kappa shape index (κ1) is 46.1. The van der Waals surface area contributed by atoms with Crippen molar-refractivity contribution in [1.82, 2.24) is 0 Å². The molecule has 0 saturated carbocycles. The average molecular weight is 679 g/mol. The summed E-state index contributed by atoms with van der Waals surface area (Å²) in [6.45, 7) is 6.52. The summed E-state index contributed by atoms with van der Waals surface area (Å²) in [7, 11) is 0. The summed E-state index contributed by atoms with van der Waals surface area (Å²) in [5.74, 6) is -0.888. The van der Waals surface area contributed by atoms with Gasteiger partial charge in [-0.2, -0.15) is 0 Å². The summed E-state index contributed by atoms with van der Waals surface area (Å²) in [6, 6.07) is 0. The van der Waals surface area contributed by atoms with Gasteiger partial charge >= 0.3 is 17.9 Å². The highest BCUT2D eigenvalue weighted by atomic mass is 16.6. The fourth-order valence-corrected chi connectivity index (χ4v) is 5.83. The molecule has 0 amide bonds. The molecule has 0 spiro atoms. The molecule has 0 radical (unpaired) electrons. The lowest BCUT2D eigenvalue weighted by Crippen LogP contribution is -2.30. The molecule has 6 nitrogen and oxygen atoms in total. The summed E-state index contributed by atoms with van der Waals surface area (Å²) in [6.07, 6.45) is 37.8. The van der Waals surface area contributed by atoms with Crippen LogP contribution in [0.2, 0.25) is 0 Å². The number of ether oxygens (including phenoxy) is 3. The Morgan fingerprint density at radius 3 is 1.10 bits per heavy atom. The van der Waals surface area contributed by atoms with Gasteiger partial charge in [0.15, 0.2) is 6.10 Å². The van der Waals surface area contributed by atoms with Gasteiger partial charge in [0.1, 0.15) is 13.2 Å². The van der Waals surface area contributed by atoms with E-state index in [1.54, 1.807) is 0 Å². The van der Waals surface area contributed by atoms with Crippen molar-refractivity contribution >= 4 is 17.9 Å². The van der Waals surface area contributed by atoms with Gasteiger partial charge in [-0.15, -0.1) is 0 Å². The molecule has 0 aliphatic carbocycles. The molecule has 0 heterocycles. The number of hydrogen-bond donors (Lipinski definition) is 0. The molecule has 1 unspecified atom stereocenters. The average Bonchev–Trinajstić information content (AvgIpc) is 3.08. The standard InChI is InChI=1S/C42H78O6/c1-4-7-10-13-16-18-20-21-23-24-26-29-32-35-41(44)47-38-39(37-46-40(43)34-31-28-15-12-9-6-3)48-42(45)36-33-30-27-25-22-19-17-14-11-8-5-2/h14,17,39H,4-13,15-16,18-38H2,1-3H3/b17-14-. The predicted octanol–water partition coefficient (Wildman–Crippen LogP) is 12.7. The number of carbonyl (C=O) groups excluding carboxylic acids is 3. The van der Waals surface area contributed by atoms with Crippen LogP contribution in [0.15, 0.2) is 12.2 Å². The molecule has 0 aliphatic heterocycles. The minimum absolute atomic E-state index is 0.0703. The molecule has 48 heavy (non-hydrogen) atoms. The molecule has 0 rings (SSSR count). The number of esters is 3. The molecule has 6 heteroatoms. The molecule has 0 aromatic heterocycles. The van der Waals surface area contributed by atoms with Crippen molar-refractivity contribution in [2.45, 2.75) is 226 Å². The van der Waals surface area contributed by atoms with Crippen molar-refractivity contribution in [3.8, 4) is 0 Å². The zero-order chi connectivity index (χ0) is 35.2. The van der Waals surface area contributed by atoms with Crippen molar-refractivity contribution in [2.24, 2.45) is 0 Å². The number of rotatable bonds is 37. The molecule has 0 aliphatic rings. The van der Waals surface area contributed by atoms with E-state index >= 15 is 0 Å². The number of carbonyl (C=O) groups is 3. The third kappa shape index (κ3) is 35.5. The molecular weight excluding hydrogens is 600 g/mol. The predicted molar refractivity (Wildman–Crippen MR) is 201 cm³/mol. The van der Waals surface area contributed by atoms with Gasteiger partial charge in [0, 0.05) is 19.3 Å². The van der Waals surface area contributed by atoms with Crippen molar-refractivity contribution in [2.75, 3.05) is 13.2 Å². The molecule has 0 N–H and O–H groups in total. The fraction of sp³-hybridized carbons (Fsp3) is 0.881. The Hall–Kier alpha value is -1.85. The largest absolute Gasteiger partial charge is 0.462 e. The van der Waals surface area contributed by atoms with Gasteiger partial charge in [-0.25, -0.2) is 0 Å². The molecular formula is C42H78O6. The third-order valence-electron chi connectivity index (χ3n) is 9.02. The third-order valence-corrected chi connectivity index (χ3v) is 9.02. The van der Waals surface area contributed by atoms with Crippen LogP contribution in [0.5, 0.6) is 0 Å². The van der Waals surface area contributed by atoms with E-state index in [1.807, 2.05) is 0 Å². The van der Waals surface area contributed by atoms with Crippen molar-refractivity contribution < 1.29 is 28.6 Å². The van der Waals surface area contributed by atoms with Crippen LogP contribution in [-0.4, -0.2) is 37.2 Å². The van der Waals surface area contributed by atoms with Crippen LogP contribution in [0.1, 0.15) is 220 Å². The maximum absolute atomic E-state index is 12.6. The normalized spacial score (nSPS) is 12.0. The molecule has 282 valence electrons. The summed E-state index contributed by atoms with van der Waals surface area (Å²) in [5, 5.41) is 0. The zero-order valence-corrected chi connectivity index (χ0v) is 32.0. The van der Waals surface area contributed by atoms with Gasteiger partial charge in [0.2, 0.25) is 0 Å².